The van der Waals surface area contributed by atoms with Crippen LogP contribution in [0.3, 0.4) is 0 Å². The Labute approximate surface area is 250 Å². The summed E-state index contributed by atoms with van der Waals surface area (Å²) in [5.74, 6) is -0.418. The van der Waals surface area contributed by atoms with Crippen molar-refractivity contribution in [2.75, 3.05) is 44.2 Å². The summed E-state index contributed by atoms with van der Waals surface area (Å²) in [7, 11) is -3.48. The zero-order valence-electron chi connectivity index (χ0n) is 23.6. The number of alkyl halides is 3. The largest absolute Gasteiger partial charge is 0.417 e. The standard InChI is InChI=1S/C29H34F3N5O3S2/c1-28(2)26(38)37(23-13-12-22(21-33)25(20-23)29(30,31)32)27(41)36(28)15-9-4-3-8-14-34-16-18-35(19-17-34)42(39,40)24-10-6-5-7-11-24/h5-7,10-13,20H,3-4,8-9,14-19H2,1-2H3. The van der Waals surface area contributed by atoms with Crippen molar-refractivity contribution in [2.45, 2.75) is 56.1 Å². The van der Waals surface area contributed by atoms with Gasteiger partial charge in [-0.2, -0.15) is 22.7 Å². The van der Waals surface area contributed by atoms with E-state index in [-0.39, 0.29) is 10.8 Å². The van der Waals surface area contributed by atoms with E-state index in [2.05, 4.69) is 4.90 Å². The maximum Gasteiger partial charge on any atom is 0.417 e. The van der Waals surface area contributed by atoms with Crippen LogP contribution in [-0.2, 0) is 21.0 Å². The zero-order chi connectivity index (χ0) is 30.7. The Morgan fingerprint density at radius 1 is 0.952 bits per heavy atom. The molecular weight excluding hydrogens is 587 g/mol. The van der Waals surface area contributed by atoms with Gasteiger partial charge in [0.15, 0.2) is 5.11 Å². The van der Waals surface area contributed by atoms with Gasteiger partial charge in [-0.3, -0.25) is 9.69 Å². The number of amides is 1. The number of benzene rings is 2. The number of rotatable bonds is 10. The van der Waals surface area contributed by atoms with Crippen LogP contribution in [0.1, 0.15) is 50.7 Å². The summed E-state index contributed by atoms with van der Waals surface area (Å²) < 4.78 is 67.7. The van der Waals surface area contributed by atoms with Crippen LogP contribution < -0.4 is 4.90 Å². The highest BCUT2D eigenvalue weighted by atomic mass is 32.2. The van der Waals surface area contributed by atoms with Gasteiger partial charge in [0, 0.05) is 32.7 Å². The number of nitrogens with zero attached hydrogens (tertiary/aromatic N) is 5. The number of anilines is 1. The molecule has 226 valence electrons. The molecule has 2 heterocycles. The number of halogens is 3. The van der Waals surface area contributed by atoms with Gasteiger partial charge in [-0.15, -0.1) is 0 Å². The van der Waals surface area contributed by atoms with E-state index in [4.69, 9.17) is 17.5 Å². The van der Waals surface area contributed by atoms with Crippen molar-refractivity contribution in [1.82, 2.24) is 14.1 Å². The number of carbonyl (C=O) groups excluding carboxylic acids is 1. The van der Waals surface area contributed by atoms with E-state index in [1.54, 1.807) is 55.1 Å². The molecular formula is C29H34F3N5O3S2. The summed E-state index contributed by atoms with van der Waals surface area (Å²) in [6.07, 6.45) is -1.24. The number of nitriles is 1. The van der Waals surface area contributed by atoms with E-state index in [1.165, 1.54) is 10.4 Å². The van der Waals surface area contributed by atoms with Crippen LogP contribution in [0.4, 0.5) is 18.9 Å². The lowest BCUT2D eigenvalue weighted by Crippen LogP contribution is -2.48. The second-order valence-electron chi connectivity index (χ2n) is 10.9. The van der Waals surface area contributed by atoms with E-state index in [1.807, 2.05) is 0 Å². The molecule has 4 rings (SSSR count). The molecule has 1 amide bonds. The number of carbonyl (C=O) groups is 1. The molecule has 2 aliphatic rings. The van der Waals surface area contributed by atoms with Crippen LogP contribution in [0.2, 0.25) is 0 Å². The van der Waals surface area contributed by atoms with Gasteiger partial charge < -0.3 is 9.80 Å². The molecule has 0 radical (unpaired) electrons. The van der Waals surface area contributed by atoms with Gasteiger partial charge >= 0.3 is 6.18 Å². The average molecular weight is 622 g/mol. The average Bonchev–Trinajstić information content (AvgIpc) is 3.13. The highest BCUT2D eigenvalue weighted by Gasteiger charge is 2.49. The molecule has 0 aliphatic carbocycles. The molecule has 2 aliphatic heterocycles. The first-order valence-electron chi connectivity index (χ1n) is 13.8. The van der Waals surface area contributed by atoms with Crippen LogP contribution in [-0.4, -0.2) is 78.3 Å². The second-order valence-corrected chi connectivity index (χ2v) is 13.2. The molecule has 0 aromatic heterocycles. The van der Waals surface area contributed by atoms with Crippen molar-refractivity contribution >= 4 is 38.9 Å². The Kier molecular flexibility index (Phi) is 9.62. The quantitative estimate of drug-likeness (QED) is 0.277. The predicted molar refractivity (Wildman–Crippen MR) is 157 cm³/mol. The van der Waals surface area contributed by atoms with E-state index < -0.39 is 38.8 Å². The number of hydrogen-bond donors (Lipinski definition) is 0. The van der Waals surface area contributed by atoms with Crippen LogP contribution in [0.25, 0.3) is 0 Å². The lowest BCUT2D eigenvalue weighted by Gasteiger charge is -2.34. The lowest BCUT2D eigenvalue weighted by atomic mass is 10.0. The zero-order valence-corrected chi connectivity index (χ0v) is 25.2. The lowest BCUT2D eigenvalue weighted by molar-refractivity contribution is -0.137. The SMILES string of the molecule is CC1(C)C(=O)N(c2ccc(C#N)c(C(F)(F)F)c2)C(=S)N1CCCCCCN1CCN(S(=O)(=O)c2ccccc2)CC1. The summed E-state index contributed by atoms with van der Waals surface area (Å²) in [5, 5.41) is 9.23. The van der Waals surface area contributed by atoms with Crippen LogP contribution >= 0.6 is 12.2 Å². The first kappa shape index (κ1) is 31.9. The van der Waals surface area contributed by atoms with Gasteiger partial charge in [0.05, 0.1) is 27.8 Å². The van der Waals surface area contributed by atoms with Gasteiger partial charge in [-0.25, -0.2) is 8.42 Å². The molecule has 0 spiro atoms. The number of piperazine rings is 1. The molecule has 0 atom stereocenters. The highest BCUT2D eigenvalue weighted by Crippen LogP contribution is 2.38. The second kappa shape index (κ2) is 12.7. The van der Waals surface area contributed by atoms with E-state index in [9.17, 15) is 26.4 Å². The summed E-state index contributed by atoms with van der Waals surface area (Å²) in [6, 6.07) is 13.2. The van der Waals surface area contributed by atoms with E-state index >= 15 is 0 Å². The molecule has 42 heavy (non-hydrogen) atoms. The molecule has 8 nitrogen and oxygen atoms in total. The van der Waals surface area contributed by atoms with Crippen molar-refractivity contribution in [3.8, 4) is 6.07 Å². The minimum atomic E-state index is -4.74. The monoisotopic (exact) mass is 621 g/mol. The fourth-order valence-electron chi connectivity index (χ4n) is 5.34. The Hall–Kier alpha value is -3.05. The smallest absolute Gasteiger partial charge is 0.334 e. The summed E-state index contributed by atoms with van der Waals surface area (Å²) in [4.78, 5) is 18.7. The van der Waals surface area contributed by atoms with E-state index in [0.717, 1.165) is 49.3 Å². The highest BCUT2D eigenvalue weighted by molar-refractivity contribution is 7.89. The van der Waals surface area contributed by atoms with Gasteiger partial charge in [-0.1, -0.05) is 31.0 Å². The fraction of sp³-hybridized carbons (Fsp3) is 0.483. The Bertz CT molecular complexity index is 1450. The molecule has 2 aromatic rings. The Balaban J connectivity index is 1.24. The molecule has 0 N–H and O–H groups in total. The van der Waals surface area contributed by atoms with Crippen molar-refractivity contribution < 1.29 is 26.4 Å². The van der Waals surface area contributed by atoms with Crippen LogP contribution in [0, 0.1) is 11.3 Å². The first-order chi connectivity index (χ1) is 19.8. The topological polar surface area (TPSA) is 88.0 Å². The molecule has 0 bridgehead atoms. The molecule has 0 saturated carbocycles. The third kappa shape index (κ3) is 6.62. The maximum atomic E-state index is 13.5. The van der Waals surface area contributed by atoms with Gasteiger partial charge in [-0.05, 0) is 75.8 Å². The minimum absolute atomic E-state index is 0.0106. The van der Waals surface area contributed by atoms with Crippen molar-refractivity contribution in [2.24, 2.45) is 0 Å². The number of hydrogen-bond acceptors (Lipinski definition) is 6. The molecule has 0 unspecified atom stereocenters. The third-order valence-electron chi connectivity index (χ3n) is 7.83. The van der Waals surface area contributed by atoms with Gasteiger partial charge in [0.2, 0.25) is 10.0 Å². The normalized spacial score (nSPS) is 18.5. The van der Waals surface area contributed by atoms with Crippen LogP contribution in [0.15, 0.2) is 53.4 Å². The fourth-order valence-corrected chi connectivity index (χ4v) is 7.29. The van der Waals surface area contributed by atoms with Crippen LogP contribution in [0.5, 0.6) is 0 Å². The van der Waals surface area contributed by atoms with Crippen molar-refractivity contribution in [3.05, 3.63) is 59.7 Å². The molecule has 2 fully saturated rings. The van der Waals surface area contributed by atoms with Gasteiger partial charge in [0.1, 0.15) is 5.54 Å². The Morgan fingerprint density at radius 2 is 1.57 bits per heavy atom. The number of unbranched alkanes of at least 4 members (excludes halogenated alkanes) is 3. The number of sulfonamides is 1. The van der Waals surface area contributed by atoms with Crippen molar-refractivity contribution in [1.29, 1.82) is 5.26 Å². The Morgan fingerprint density at radius 3 is 2.17 bits per heavy atom. The minimum Gasteiger partial charge on any atom is -0.334 e. The maximum absolute atomic E-state index is 13.5. The van der Waals surface area contributed by atoms with Crippen molar-refractivity contribution in [3.63, 3.8) is 0 Å². The summed E-state index contributed by atoms with van der Waals surface area (Å²) in [5.41, 5.74) is -2.65. The summed E-state index contributed by atoms with van der Waals surface area (Å²) >= 11 is 5.55. The molecule has 2 aromatic carbocycles. The molecule has 2 saturated heterocycles. The first-order valence-corrected chi connectivity index (χ1v) is 15.7. The third-order valence-corrected chi connectivity index (χ3v) is 10.1. The van der Waals surface area contributed by atoms with E-state index in [0.29, 0.717) is 37.6 Å². The van der Waals surface area contributed by atoms with Gasteiger partial charge in [0.25, 0.3) is 5.91 Å². The summed E-state index contributed by atoms with van der Waals surface area (Å²) in [6.45, 7) is 6.99. The predicted octanol–water partition coefficient (Wildman–Crippen LogP) is 4.86. The number of thiocarbonyl (C=S) groups is 1. The molecule has 13 heteroatoms.